The maximum Gasteiger partial charge on any atom is 0.344 e. The third-order valence-electron chi connectivity index (χ3n) is 4.95. The first-order valence-electron chi connectivity index (χ1n) is 10.2. The van der Waals surface area contributed by atoms with Crippen LogP contribution in [0.25, 0.3) is 10.9 Å². The number of fused-ring (bicyclic) bond motifs is 1. The number of aromatic nitrogens is 1. The summed E-state index contributed by atoms with van der Waals surface area (Å²) in [5, 5.41) is 0.843. The standard InChI is InChI=1S/C26H24N2O3/c27-22(16-19-8-3-1-4-9-19)18-30-23-14-13-21-12-7-15-28-25(21)24(23)26(29)31-17-20-10-5-2-6-11-20/h1-15,22H,16-18,27H2. The smallest absolute Gasteiger partial charge is 0.344 e. The quantitative estimate of drug-likeness (QED) is 0.430. The van der Waals surface area contributed by atoms with Gasteiger partial charge in [-0.3, -0.25) is 4.98 Å². The van der Waals surface area contributed by atoms with E-state index >= 15 is 0 Å². The molecule has 0 saturated heterocycles. The molecule has 5 heteroatoms. The summed E-state index contributed by atoms with van der Waals surface area (Å²) in [5.41, 5.74) is 9.19. The Morgan fingerprint density at radius 1 is 0.871 bits per heavy atom. The summed E-state index contributed by atoms with van der Waals surface area (Å²) in [5.74, 6) is -0.0486. The molecule has 0 bridgehead atoms. The van der Waals surface area contributed by atoms with Crippen LogP contribution in [-0.2, 0) is 17.8 Å². The molecule has 1 atom stereocenters. The van der Waals surface area contributed by atoms with E-state index in [1.807, 2.05) is 78.9 Å². The molecule has 1 unspecified atom stereocenters. The molecule has 3 aromatic carbocycles. The lowest BCUT2D eigenvalue weighted by molar-refractivity contribution is 0.0470. The molecule has 0 fully saturated rings. The number of benzene rings is 3. The molecule has 156 valence electrons. The van der Waals surface area contributed by atoms with E-state index in [0.29, 0.717) is 23.3 Å². The molecule has 0 spiro atoms. The van der Waals surface area contributed by atoms with Gasteiger partial charge >= 0.3 is 5.97 Å². The van der Waals surface area contributed by atoms with Crippen molar-refractivity contribution in [3.63, 3.8) is 0 Å². The van der Waals surface area contributed by atoms with Crippen molar-refractivity contribution in [2.45, 2.75) is 19.1 Å². The lowest BCUT2D eigenvalue weighted by atomic mass is 10.1. The maximum atomic E-state index is 13.0. The van der Waals surface area contributed by atoms with Gasteiger partial charge in [0, 0.05) is 17.6 Å². The Kier molecular flexibility index (Phi) is 6.55. The molecule has 1 heterocycles. The first kappa shape index (κ1) is 20.6. The van der Waals surface area contributed by atoms with Gasteiger partial charge in [0.15, 0.2) is 0 Å². The summed E-state index contributed by atoms with van der Waals surface area (Å²) in [6.45, 7) is 0.446. The predicted molar refractivity (Wildman–Crippen MR) is 121 cm³/mol. The molecule has 0 saturated carbocycles. The van der Waals surface area contributed by atoms with Crippen LogP contribution in [0.4, 0.5) is 0 Å². The Hall–Kier alpha value is -3.70. The maximum absolute atomic E-state index is 13.0. The molecule has 1 aromatic heterocycles. The largest absolute Gasteiger partial charge is 0.491 e. The van der Waals surface area contributed by atoms with Crippen molar-refractivity contribution in [2.75, 3.05) is 6.61 Å². The first-order valence-corrected chi connectivity index (χ1v) is 10.2. The lowest BCUT2D eigenvalue weighted by Crippen LogP contribution is -2.30. The average Bonchev–Trinajstić information content (AvgIpc) is 2.82. The summed E-state index contributed by atoms with van der Waals surface area (Å²) >= 11 is 0. The fourth-order valence-electron chi connectivity index (χ4n) is 3.41. The Bertz CT molecular complexity index is 1150. The van der Waals surface area contributed by atoms with Gasteiger partial charge in [0.2, 0.25) is 0 Å². The second-order valence-corrected chi connectivity index (χ2v) is 7.34. The van der Waals surface area contributed by atoms with Crippen LogP contribution in [0.1, 0.15) is 21.5 Å². The Morgan fingerprint density at radius 2 is 1.58 bits per heavy atom. The van der Waals surface area contributed by atoms with Crippen LogP contribution in [-0.4, -0.2) is 23.6 Å². The van der Waals surface area contributed by atoms with Gasteiger partial charge in [-0.15, -0.1) is 0 Å². The van der Waals surface area contributed by atoms with Crippen molar-refractivity contribution < 1.29 is 14.3 Å². The molecule has 4 rings (SSSR count). The number of pyridine rings is 1. The minimum Gasteiger partial charge on any atom is -0.491 e. The molecule has 0 radical (unpaired) electrons. The number of ether oxygens (including phenoxy) is 2. The number of esters is 1. The third-order valence-corrected chi connectivity index (χ3v) is 4.95. The summed E-state index contributed by atoms with van der Waals surface area (Å²) in [6, 6.07) is 26.8. The van der Waals surface area contributed by atoms with Gasteiger partial charge in [0.1, 0.15) is 24.5 Å². The molecule has 2 N–H and O–H groups in total. The van der Waals surface area contributed by atoms with Crippen LogP contribution < -0.4 is 10.5 Å². The summed E-state index contributed by atoms with van der Waals surface area (Å²) in [6.07, 6.45) is 2.34. The highest BCUT2D eigenvalue weighted by Gasteiger charge is 2.20. The van der Waals surface area contributed by atoms with E-state index in [1.165, 1.54) is 0 Å². The van der Waals surface area contributed by atoms with E-state index < -0.39 is 5.97 Å². The van der Waals surface area contributed by atoms with Crippen LogP contribution in [0, 0.1) is 0 Å². The van der Waals surface area contributed by atoms with Gasteiger partial charge in [0.05, 0.1) is 5.52 Å². The topological polar surface area (TPSA) is 74.4 Å². The van der Waals surface area contributed by atoms with E-state index in [0.717, 1.165) is 16.5 Å². The zero-order valence-corrected chi connectivity index (χ0v) is 17.1. The Morgan fingerprint density at radius 3 is 2.32 bits per heavy atom. The van der Waals surface area contributed by atoms with Crippen molar-refractivity contribution in [3.05, 3.63) is 108 Å². The minimum atomic E-state index is -0.472. The van der Waals surface area contributed by atoms with Gasteiger partial charge in [-0.25, -0.2) is 4.79 Å². The van der Waals surface area contributed by atoms with E-state index in [-0.39, 0.29) is 19.3 Å². The summed E-state index contributed by atoms with van der Waals surface area (Å²) in [4.78, 5) is 17.4. The molecular weight excluding hydrogens is 388 g/mol. The second-order valence-electron chi connectivity index (χ2n) is 7.34. The van der Waals surface area contributed by atoms with E-state index in [4.69, 9.17) is 15.2 Å². The highest BCUT2D eigenvalue weighted by molar-refractivity contribution is 6.05. The van der Waals surface area contributed by atoms with Gasteiger partial charge in [0.25, 0.3) is 0 Å². The third kappa shape index (κ3) is 5.27. The highest BCUT2D eigenvalue weighted by atomic mass is 16.5. The molecule has 0 aliphatic carbocycles. The summed E-state index contributed by atoms with van der Waals surface area (Å²) < 4.78 is 11.6. The van der Waals surface area contributed by atoms with Crippen LogP contribution in [0.15, 0.2) is 91.1 Å². The normalized spacial score (nSPS) is 11.8. The van der Waals surface area contributed by atoms with E-state index in [1.54, 1.807) is 12.3 Å². The highest BCUT2D eigenvalue weighted by Crippen LogP contribution is 2.28. The SMILES string of the molecule is NC(COc1ccc2cccnc2c1C(=O)OCc1ccccc1)Cc1ccccc1. The number of hydrogen-bond acceptors (Lipinski definition) is 5. The number of rotatable bonds is 8. The second kappa shape index (κ2) is 9.87. The van der Waals surface area contributed by atoms with Gasteiger partial charge in [-0.1, -0.05) is 66.7 Å². The molecular formula is C26H24N2O3. The van der Waals surface area contributed by atoms with Crippen LogP contribution in [0.5, 0.6) is 5.75 Å². The predicted octanol–water partition coefficient (Wildman–Crippen LogP) is 4.54. The van der Waals surface area contributed by atoms with Crippen LogP contribution >= 0.6 is 0 Å². The Balaban J connectivity index is 1.53. The molecule has 4 aromatic rings. The van der Waals surface area contributed by atoms with Gasteiger partial charge in [-0.05, 0) is 35.7 Å². The number of hydrogen-bond donors (Lipinski definition) is 1. The Labute approximate surface area is 181 Å². The minimum absolute atomic E-state index is 0.176. The summed E-state index contributed by atoms with van der Waals surface area (Å²) in [7, 11) is 0. The lowest BCUT2D eigenvalue weighted by Gasteiger charge is -2.16. The van der Waals surface area contributed by atoms with Crippen molar-refractivity contribution >= 4 is 16.9 Å². The molecule has 5 nitrogen and oxygen atoms in total. The van der Waals surface area contributed by atoms with Crippen molar-refractivity contribution in [2.24, 2.45) is 5.73 Å². The molecule has 31 heavy (non-hydrogen) atoms. The fraction of sp³-hybridized carbons (Fsp3) is 0.154. The monoisotopic (exact) mass is 412 g/mol. The van der Waals surface area contributed by atoms with Crippen LogP contribution in [0.2, 0.25) is 0 Å². The van der Waals surface area contributed by atoms with E-state index in [9.17, 15) is 4.79 Å². The van der Waals surface area contributed by atoms with Crippen molar-refractivity contribution in [1.29, 1.82) is 0 Å². The number of carbonyl (C=O) groups excluding carboxylic acids is 1. The number of carbonyl (C=O) groups is 1. The first-order chi connectivity index (χ1) is 15.2. The van der Waals surface area contributed by atoms with Gasteiger partial charge < -0.3 is 15.2 Å². The number of nitrogens with zero attached hydrogens (tertiary/aromatic N) is 1. The van der Waals surface area contributed by atoms with E-state index in [2.05, 4.69) is 4.98 Å². The molecule has 0 aliphatic heterocycles. The average molecular weight is 412 g/mol. The van der Waals surface area contributed by atoms with Crippen LogP contribution in [0.3, 0.4) is 0 Å². The van der Waals surface area contributed by atoms with Gasteiger partial charge in [-0.2, -0.15) is 0 Å². The zero-order chi connectivity index (χ0) is 21.5. The fourth-order valence-corrected chi connectivity index (χ4v) is 3.41. The number of nitrogens with two attached hydrogens (primary N) is 1. The zero-order valence-electron chi connectivity index (χ0n) is 17.1. The molecule has 0 amide bonds. The van der Waals surface area contributed by atoms with Crippen molar-refractivity contribution in [1.82, 2.24) is 4.98 Å². The van der Waals surface area contributed by atoms with Crippen molar-refractivity contribution in [3.8, 4) is 5.75 Å². The molecule has 0 aliphatic rings.